The minimum Gasteiger partial charge on any atom is -0.303 e. The Morgan fingerprint density at radius 1 is 1.08 bits per heavy atom. The molecule has 0 unspecified atom stereocenters. The van der Waals surface area contributed by atoms with Gasteiger partial charge in [-0.15, -0.1) is 0 Å². The van der Waals surface area contributed by atoms with E-state index < -0.39 is 0 Å². The lowest BCUT2D eigenvalue weighted by Crippen LogP contribution is -2.41. The summed E-state index contributed by atoms with van der Waals surface area (Å²) in [5, 5.41) is 0. The van der Waals surface area contributed by atoms with Gasteiger partial charge in [-0.1, -0.05) is 34.6 Å². The second kappa shape index (κ2) is 3.61. The van der Waals surface area contributed by atoms with Crippen molar-refractivity contribution in [3.8, 4) is 0 Å². The van der Waals surface area contributed by atoms with Gasteiger partial charge < -0.3 is 4.90 Å². The van der Waals surface area contributed by atoms with Crippen LogP contribution in [-0.4, -0.2) is 24.5 Å². The molecule has 1 heteroatoms. The smallest absolute Gasteiger partial charge is 0.00300 e. The third kappa shape index (κ3) is 4.12. The van der Waals surface area contributed by atoms with Crippen molar-refractivity contribution in [2.45, 2.75) is 47.5 Å². The Hall–Kier alpha value is -0.0400. The summed E-state index contributed by atoms with van der Waals surface area (Å²) in [6.07, 6.45) is 2.73. The van der Waals surface area contributed by atoms with Crippen molar-refractivity contribution < 1.29 is 0 Å². The molecule has 0 saturated carbocycles. The van der Waals surface area contributed by atoms with Crippen LogP contribution in [0.4, 0.5) is 0 Å². The van der Waals surface area contributed by atoms with Crippen LogP contribution in [0, 0.1) is 10.8 Å². The van der Waals surface area contributed by atoms with Crippen molar-refractivity contribution in [1.82, 2.24) is 4.90 Å². The Balaban J connectivity index is 2.34. The molecule has 0 radical (unpaired) electrons. The lowest BCUT2D eigenvalue weighted by Gasteiger charge is -2.39. The van der Waals surface area contributed by atoms with Crippen molar-refractivity contribution in [3.05, 3.63) is 0 Å². The third-order valence-electron chi connectivity index (χ3n) is 2.91. The van der Waals surface area contributed by atoms with E-state index in [0.29, 0.717) is 10.8 Å². The summed E-state index contributed by atoms with van der Waals surface area (Å²) in [4.78, 5) is 2.62. The van der Waals surface area contributed by atoms with Crippen LogP contribution in [-0.2, 0) is 0 Å². The molecule has 0 aromatic heterocycles. The predicted molar refractivity (Wildman–Crippen MR) is 58.9 cm³/mol. The van der Waals surface area contributed by atoms with Crippen molar-refractivity contribution in [3.63, 3.8) is 0 Å². The van der Waals surface area contributed by atoms with Crippen molar-refractivity contribution in [1.29, 1.82) is 0 Å². The van der Waals surface area contributed by atoms with E-state index in [0.717, 1.165) is 0 Å². The van der Waals surface area contributed by atoms with Crippen LogP contribution in [0.1, 0.15) is 47.5 Å². The van der Waals surface area contributed by atoms with Gasteiger partial charge in [0, 0.05) is 6.54 Å². The Morgan fingerprint density at radius 3 is 1.92 bits per heavy atom. The minimum atomic E-state index is 0.460. The number of rotatable bonds is 1. The first-order valence-electron chi connectivity index (χ1n) is 5.51. The predicted octanol–water partition coefficient (Wildman–Crippen LogP) is 3.15. The van der Waals surface area contributed by atoms with Crippen LogP contribution in [0.5, 0.6) is 0 Å². The summed E-state index contributed by atoms with van der Waals surface area (Å²) in [5.74, 6) is 0. The maximum Gasteiger partial charge on any atom is 0.00300 e. The molecule has 0 aliphatic carbocycles. The fourth-order valence-corrected chi connectivity index (χ4v) is 1.99. The van der Waals surface area contributed by atoms with Gasteiger partial charge in [-0.2, -0.15) is 0 Å². The van der Waals surface area contributed by atoms with E-state index in [-0.39, 0.29) is 0 Å². The van der Waals surface area contributed by atoms with E-state index >= 15 is 0 Å². The summed E-state index contributed by atoms with van der Waals surface area (Å²) in [7, 11) is 0. The van der Waals surface area contributed by atoms with Gasteiger partial charge >= 0.3 is 0 Å². The van der Waals surface area contributed by atoms with Crippen molar-refractivity contribution in [2.75, 3.05) is 19.6 Å². The summed E-state index contributed by atoms with van der Waals surface area (Å²) in [6.45, 7) is 15.6. The molecule has 1 rings (SSSR count). The summed E-state index contributed by atoms with van der Waals surface area (Å²) < 4.78 is 0. The van der Waals surface area contributed by atoms with Crippen LogP contribution in [0.25, 0.3) is 0 Å². The highest BCUT2D eigenvalue weighted by atomic mass is 15.1. The van der Waals surface area contributed by atoms with E-state index in [1.54, 1.807) is 0 Å². The van der Waals surface area contributed by atoms with Crippen LogP contribution in [0.2, 0.25) is 0 Å². The van der Waals surface area contributed by atoms with Gasteiger partial charge in [0.1, 0.15) is 0 Å². The summed E-state index contributed by atoms with van der Waals surface area (Å²) in [5.41, 5.74) is 1.05. The molecular formula is C12H25N. The normalized spacial score (nSPS) is 24.7. The molecule has 78 valence electrons. The first-order chi connectivity index (χ1) is 5.79. The second-order valence-corrected chi connectivity index (χ2v) is 6.50. The second-order valence-electron chi connectivity index (χ2n) is 6.50. The number of hydrogen-bond acceptors (Lipinski definition) is 1. The van der Waals surface area contributed by atoms with Crippen LogP contribution in [0.3, 0.4) is 0 Å². The highest BCUT2D eigenvalue weighted by molar-refractivity contribution is 4.80. The quantitative estimate of drug-likeness (QED) is 0.603. The van der Waals surface area contributed by atoms with Crippen LogP contribution in [0.15, 0.2) is 0 Å². The molecule has 0 bridgehead atoms. The van der Waals surface area contributed by atoms with Gasteiger partial charge in [-0.05, 0) is 36.8 Å². The first-order valence-corrected chi connectivity index (χ1v) is 5.51. The molecular weight excluding hydrogens is 158 g/mol. The monoisotopic (exact) mass is 183 g/mol. The molecule has 1 fully saturated rings. The fourth-order valence-electron chi connectivity index (χ4n) is 1.99. The molecule has 1 aliphatic heterocycles. The van der Waals surface area contributed by atoms with Crippen molar-refractivity contribution in [2.24, 2.45) is 10.8 Å². The third-order valence-corrected chi connectivity index (χ3v) is 2.91. The van der Waals surface area contributed by atoms with Gasteiger partial charge in [0.25, 0.3) is 0 Å². The van der Waals surface area contributed by atoms with Gasteiger partial charge in [-0.3, -0.25) is 0 Å². The molecule has 0 amide bonds. The maximum atomic E-state index is 2.62. The van der Waals surface area contributed by atoms with E-state index in [4.69, 9.17) is 0 Å². The van der Waals surface area contributed by atoms with E-state index in [1.807, 2.05) is 0 Å². The van der Waals surface area contributed by atoms with Gasteiger partial charge in [0.2, 0.25) is 0 Å². The molecule has 0 N–H and O–H groups in total. The maximum absolute atomic E-state index is 2.62. The van der Waals surface area contributed by atoms with E-state index in [2.05, 4.69) is 39.5 Å². The zero-order chi connectivity index (χ0) is 10.1. The zero-order valence-electron chi connectivity index (χ0n) is 9.98. The zero-order valence-corrected chi connectivity index (χ0v) is 9.98. The number of likely N-dealkylation sites (tertiary alicyclic amines) is 1. The standard InChI is InChI=1S/C12H25N/c1-11(2,3)10-13-8-6-12(4,5)7-9-13/h6-10H2,1-5H3. The highest BCUT2D eigenvalue weighted by Gasteiger charge is 2.27. The van der Waals surface area contributed by atoms with Crippen LogP contribution < -0.4 is 0 Å². The summed E-state index contributed by atoms with van der Waals surface area (Å²) >= 11 is 0. The van der Waals surface area contributed by atoms with E-state index in [9.17, 15) is 0 Å². The molecule has 0 spiro atoms. The van der Waals surface area contributed by atoms with E-state index in [1.165, 1.54) is 32.5 Å². The molecule has 1 heterocycles. The van der Waals surface area contributed by atoms with Gasteiger partial charge in [-0.25, -0.2) is 0 Å². The molecule has 0 aromatic rings. The molecule has 13 heavy (non-hydrogen) atoms. The molecule has 0 aromatic carbocycles. The number of nitrogens with zero attached hydrogens (tertiary/aromatic N) is 1. The largest absolute Gasteiger partial charge is 0.303 e. The number of piperidine rings is 1. The van der Waals surface area contributed by atoms with Gasteiger partial charge in [0.05, 0.1) is 0 Å². The lowest BCUT2D eigenvalue weighted by molar-refractivity contribution is 0.101. The fraction of sp³-hybridized carbons (Fsp3) is 1.00. The number of hydrogen-bond donors (Lipinski definition) is 0. The molecule has 1 aliphatic rings. The Morgan fingerprint density at radius 2 is 1.54 bits per heavy atom. The average Bonchev–Trinajstić information content (AvgIpc) is 1.91. The van der Waals surface area contributed by atoms with Gasteiger partial charge in [0.15, 0.2) is 0 Å². The SMILES string of the molecule is CC(C)(C)CN1CCC(C)(C)CC1. The van der Waals surface area contributed by atoms with Crippen LogP contribution >= 0.6 is 0 Å². The lowest BCUT2D eigenvalue weighted by atomic mass is 9.82. The topological polar surface area (TPSA) is 3.24 Å². The van der Waals surface area contributed by atoms with Crippen molar-refractivity contribution >= 4 is 0 Å². The Labute approximate surface area is 83.5 Å². The Kier molecular flexibility index (Phi) is 3.06. The minimum absolute atomic E-state index is 0.460. The Bertz CT molecular complexity index is 154. The molecule has 1 saturated heterocycles. The molecule has 1 nitrogen and oxygen atoms in total. The first kappa shape index (κ1) is 11.0. The molecule has 0 atom stereocenters. The highest BCUT2D eigenvalue weighted by Crippen LogP contribution is 2.30. The average molecular weight is 183 g/mol. The summed E-state index contributed by atoms with van der Waals surface area (Å²) in [6, 6.07) is 0.